The molecule has 1 aromatic heterocycles. The van der Waals surface area contributed by atoms with Gasteiger partial charge in [0.25, 0.3) is 5.72 Å². The predicted octanol–water partition coefficient (Wildman–Crippen LogP) is 5.18. The number of benzene rings is 2. The Labute approximate surface area is 196 Å². The van der Waals surface area contributed by atoms with Crippen LogP contribution in [0.2, 0.25) is 0 Å². The van der Waals surface area contributed by atoms with Gasteiger partial charge in [-0.3, -0.25) is 4.84 Å². The van der Waals surface area contributed by atoms with E-state index in [1.807, 2.05) is 36.4 Å². The van der Waals surface area contributed by atoms with Crippen molar-refractivity contribution in [3.63, 3.8) is 0 Å². The van der Waals surface area contributed by atoms with Crippen molar-refractivity contribution >= 4 is 5.97 Å². The van der Waals surface area contributed by atoms with Crippen LogP contribution in [0.4, 0.5) is 4.39 Å². The molecule has 34 heavy (non-hydrogen) atoms. The molecule has 3 aromatic rings. The highest BCUT2D eigenvalue weighted by Gasteiger charge is 2.62. The molecule has 1 unspecified atom stereocenters. The third-order valence-electron chi connectivity index (χ3n) is 6.39. The molecule has 0 amide bonds. The fourth-order valence-electron chi connectivity index (χ4n) is 4.68. The first-order valence-corrected chi connectivity index (χ1v) is 11.3. The predicted molar refractivity (Wildman–Crippen MR) is 121 cm³/mol. The van der Waals surface area contributed by atoms with E-state index in [0.717, 1.165) is 31.2 Å². The second-order valence-electron chi connectivity index (χ2n) is 8.65. The normalized spacial score (nSPS) is 20.6. The summed E-state index contributed by atoms with van der Waals surface area (Å²) in [6, 6.07) is 18.6. The minimum Gasteiger partial charge on any atom is -0.487 e. The van der Waals surface area contributed by atoms with Crippen molar-refractivity contribution in [2.75, 3.05) is 0 Å². The topological polar surface area (TPSA) is 103 Å². The Morgan fingerprint density at radius 2 is 1.76 bits per heavy atom. The van der Waals surface area contributed by atoms with E-state index in [0.29, 0.717) is 23.1 Å². The van der Waals surface area contributed by atoms with Crippen LogP contribution in [0.5, 0.6) is 17.4 Å². The maximum Gasteiger partial charge on any atom is 0.356 e. The lowest BCUT2D eigenvalue weighted by atomic mass is 9.78. The number of ether oxygens (including phenoxy) is 2. The number of rotatable bonds is 9. The summed E-state index contributed by atoms with van der Waals surface area (Å²) in [5.41, 5.74) is 2.89. The minimum absolute atomic E-state index is 0.232. The molecule has 2 atom stereocenters. The first-order chi connectivity index (χ1) is 16.5. The summed E-state index contributed by atoms with van der Waals surface area (Å²) in [5, 5.41) is 9.74. The fourth-order valence-corrected chi connectivity index (χ4v) is 4.68. The van der Waals surface area contributed by atoms with Crippen LogP contribution in [0, 0.1) is 11.7 Å². The van der Waals surface area contributed by atoms with Gasteiger partial charge >= 0.3 is 5.97 Å². The van der Waals surface area contributed by atoms with Crippen LogP contribution in [-0.2, 0) is 16.2 Å². The van der Waals surface area contributed by atoms with Gasteiger partial charge in [0.1, 0.15) is 23.9 Å². The quantitative estimate of drug-likeness (QED) is 0.421. The SMILES string of the molecule is O=C(O)[C@@]1(C(c2ccc(OCc3cccc(Oc4ccc(F)cc4)n3)cc2)C2CCCC2)NO1. The summed E-state index contributed by atoms with van der Waals surface area (Å²) < 4.78 is 24.6. The van der Waals surface area contributed by atoms with Crippen LogP contribution in [0.15, 0.2) is 66.7 Å². The maximum atomic E-state index is 13.1. The Morgan fingerprint density at radius 1 is 1.09 bits per heavy atom. The molecule has 0 bridgehead atoms. The number of carbonyl (C=O) groups is 1. The van der Waals surface area contributed by atoms with Crippen LogP contribution in [0.1, 0.15) is 42.9 Å². The van der Waals surface area contributed by atoms with E-state index >= 15 is 0 Å². The van der Waals surface area contributed by atoms with Crippen molar-refractivity contribution in [1.82, 2.24) is 10.5 Å². The molecule has 0 spiro atoms. The molecule has 1 aliphatic heterocycles. The zero-order valence-electron chi connectivity index (χ0n) is 18.4. The van der Waals surface area contributed by atoms with Gasteiger partial charge in [0.2, 0.25) is 5.88 Å². The van der Waals surface area contributed by atoms with Crippen molar-refractivity contribution in [3.8, 4) is 17.4 Å². The van der Waals surface area contributed by atoms with Crippen LogP contribution >= 0.6 is 0 Å². The monoisotopic (exact) mass is 464 g/mol. The number of hydrogen-bond donors (Lipinski definition) is 2. The van der Waals surface area contributed by atoms with Crippen LogP contribution in [0.25, 0.3) is 0 Å². The lowest BCUT2D eigenvalue weighted by molar-refractivity contribution is -0.144. The summed E-state index contributed by atoms with van der Waals surface area (Å²) in [6.07, 6.45) is 4.19. The lowest BCUT2D eigenvalue weighted by Crippen LogP contribution is -2.38. The van der Waals surface area contributed by atoms with Crippen LogP contribution < -0.4 is 15.0 Å². The second-order valence-corrected chi connectivity index (χ2v) is 8.65. The largest absolute Gasteiger partial charge is 0.487 e. The number of carboxylic acid groups (broad SMARTS) is 1. The molecule has 5 rings (SSSR count). The van der Waals surface area contributed by atoms with E-state index < -0.39 is 11.7 Å². The van der Waals surface area contributed by atoms with E-state index in [-0.39, 0.29) is 24.3 Å². The smallest absolute Gasteiger partial charge is 0.356 e. The molecular weight excluding hydrogens is 439 g/mol. The third-order valence-corrected chi connectivity index (χ3v) is 6.39. The number of hydrogen-bond acceptors (Lipinski definition) is 6. The van der Waals surface area contributed by atoms with Gasteiger partial charge in [0.05, 0.1) is 5.69 Å². The Morgan fingerprint density at radius 3 is 2.41 bits per heavy atom. The van der Waals surface area contributed by atoms with Gasteiger partial charge in [0, 0.05) is 12.0 Å². The summed E-state index contributed by atoms with van der Waals surface area (Å²) in [6.45, 7) is 0.232. The zero-order chi connectivity index (χ0) is 23.5. The van der Waals surface area contributed by atoms with Gasteiger partial charge in [-0.1, -0.05) is 31.0 Å². The van der Waals surface area contributed by atoms with Gasteiger partial charge in [-0.05, 0) is 66.8 Å². The number of hydroxylamine groups is 1. The fraction of sp³-hybridized carbons (Fsp3) is 0.308. The van der Waals surface area contributed by atoms with Crippen LogP contribution in [-0.4, -0.2) is 21.8 Å². The second kappa shape index (κ2) is 9.40. The highest BCUT2D eigenvalue weighted by molar-refractivity contribution is 5.80. The van der Waals surface area contributed by atoms with Crippen molar-refractivity contribution in [3.05, 3.63) is 83.8 Å². The molecule has 2 aliphatic rings. The van der Waals surface area contributed by atoms with Crippen LogP contribution in [0.3, 0.4) is 0 Å². The average Bonchev–Trinajstić information content (AvgIpc) is 3.47. The first kappa shape index (κ1) is 22.3. The van der Waals surface area contributed by atoms with Crippen molar-refractivity contribution in [1.29, 1.82) is 0 Å². The molecule has 7 nitrogen and oxygen atoms in total. The third kappa shape index (κ3) is 4.73. The van der Waals surface area contributed by atoms with Crippen molar-refractivity contribution < 1.29 is 28.6 Å². The number of aliphatic carboxylic acids is 1. The number of pyridine rings is 1. The maximum absolute atomic E-state index is 13.1. The number of aromatic nitrogens is 1. The summed E-state index contributed by atoms with van der Waals surface area (Å²) >= 11 is 0. The molecule has 2 fully saturated rings. The van der Waals surface area contributed by atoms with Gasteiger partial charge in [-0.2, -0.15) is 5.48 Å². The minimum atomic E-state index is -1.34. The molecule has 176 valence electrons. The van der Waals surface area contributed by atoms with Crippen molar-refractivity contribution in [2.24, 2.45) is 5.92 Å². The number of halogens is 1. The summed E-state index contributed by atoms with van der Waals surface area (Å²) in [5.74, 6) is 0.204. The number of nitrogens with zero attached hydrogens (tertiary/aromatic N) is 1. The Hall–Kier alpha value is -3.49. The van der Waals surface area contributed by atoms with Gasteiger partial charge in [-0.25, -0.2) is 14.2 Å². The Kier molecular flexibility index (Phi) is 6.17. The van der Waals surface area contributed by atoms with E-state index in [1.54, 1.807) is 6.07 Å². The first-order valence-electron chi connectivity index (χ1n) is 11.3. The molecule has 8 heteroatoms. The van der Waals surface area contributed by atoms with E-state index in [1.165, 1.54) is 24.3 Å². The lowest BCUT2D eigenvalue weighted by Gasteiger charge is -2.26. The van der Waals surface area contributed by atoms with E-state index in [4.69, 9.17) is 14.3 Å². The van der Waals surface area contributed by atoms with Crippen molar-refractivity contribution in [2.45, 2.75) is 43.9 Å². The summed E-state index contributed by atoms with van der Waals surface area (Å²) in [4.78, 5) is 21.6. The van der Waals surface area contributed by atoms with E-state index in [9.17, 15) is 14.3 Å². The highest BCUT2D eigenvalue weighted by atomic mass is 19.1. The molecule has 1 aliphatic carbocycles. The molecule has 2 aromatic carbocycles. The van der Waals surface area contributed by atoms with Gasteiger partial charge in [0.15, 0.2) is 0 Å². The summed E-state index contributed by atoms with van der Waals surface area (Å²) in [7, 11) is 0. The molecule has 2 heterocycles. The number of carboxylic acids is 1. The Balaban J connectivity index is 1.25. The molecule has 1 saturated carbocycles. The molecular formula is C26H25FN2O5. The molecule has 2 N–H and O–H groups in total. The molecule has 0 radical (unpaired) electrons. The number of nitrogens with one attached hydrogen (secondary N) is 1. The van der Waals surface area contributed by atoms with E-state index in [2.05, 4.69) is 10.5 Å². The average molecular weight is 464 g/mol. The highest BCUT2D eigenvalue weighted by Crippen LogP contribution is 2.48. The Bertz CT molecular complexity index is 1140. The van der Waals surface area contributed by atoms with Gasteiger partial charge < -0.3 is 14.6 Å². The zero-order valence-corrected chi connectivity index (χ0v) is 18.4. The molecule has 1 saturated heterocycles. The van der Waals surface area contributed by atoms with Gasteiger partial charge in [-0.15, -0.1) is 0 Å². The standard InChI is InChI=1S/C26H25FN2O5/c27-19-10-14-22(15-11-19)33-23-7-3-6-20(28-23)16-32-21-12-8-18(9-13-21)24(17-4-1-2-5-17)26(25(30)31)29-34-26/h3,6-15,17,24,29H,1-2,4-5,16H2,(H,30,31)/t24?,26-/m0/s1.